The molecule has 0 saturated carbocycles. The monoisotopic (exact) mass is 392 g/mol. The van der Waals surface area contributed by atoms with Crippen molar-refractivity contribution in [2.45, 2.75) is 33.8 Å². The topological polar surface area (TPSA) is 119 Å². The Morgan fingerprint density at radius 1 is 1.26 bits per heavy atom. The van der Waals surface area contributed by atoms with E-state index in [2.05, 4.69) is 4.98 Å². The molecule has 1 heterocycles. The summed E-state index contributed by atoms with van der Waals surface area (Å²) in [4.78, 5) is 49.8. The SMILES string of the molecule is CC(=O)c1c(C)[nH]c(C(=O)[C@H](C)OC(=O)c2cc(Cl)ccc2[N+](=O)[O-])c1C. The number of benzene rings is 1. The highest BCUT2D eigenvalue weighted by atomic mass is 35.5. The first kappa shape index (κ1) is 20.3. The van der Waals surface area contributed by atoms with Crippen molar-refractivity contribution in [2.75, 3.05) is 0 Å². The number of carbonyl (C=O) groups is 3. The lowest BCUT2D eigenvalue weighted by atomic mass is 10.0. The Morgan fingerprint density at radius 2 is 1.89 bits per heavy atom. The molecule has 0 aliphatic rings. The van der Waals surface area contributed by atoms with Gasteiger partial charge in [-0.3, -0.25) is 19.7 Å². The van der Waals surface area contributed by atoms with Crippen molar-refractivity contribution < 1.29 is 24.0 Å². The van der Waals surface area contributed by atoms with E-state index in [4.69, 9.17) is 16.3 Å². The van der Waals surface area contributed by atoms with Crippen LogP contribution in [0.2, 0.25) is 5.02 Å². The summed E-state index contributed by atoms with van der Waals surface area (Å²) in [5, 5.41) is 11.2. The van der Waals surface area contributed by atoms with Gasteiger partial charge >= 0.3 is 5.97 Å². The Bertz CT molecular complexity index is 963. The predicted molar refractivity (Wildman–Crippen MR) is 97.6 cm³/mol. The molecule has 0 saturated heterocycles. The summed E-state index contributed by atoms with van der Waals surface area (Å²) in [6, 6.07) is 3.47. The van der Waals surface area contributed by atoms with E-state index in [1.54, 1.807) is 13.8 Å². The number of esters is 1. The van der Waals surface area contributed by atoms with E-state index in [9.17, 15) is 24.5 Å². The Kier molecular flexibility index (Phi) is 5.80. The highest BCUT2D eigenvalue weighted by Crippen LogP contribution is 2.25. The zero-order valence-electron chi connectivity index (χ0n) is 15.1. The lowest BCUT2D eigenvalue weighted by Crippen LogP contribution is -2.25. The summed E-state index contributed by atoms with van der Waals surface area (Å²) < 4.78 is 5.11. The van der Waals surface area contributed by atoms with Crippen LogP contribution in [0.4, 0.5) is 5.69 Å². The van der Waals surface area contributed by atoms with Gasteiger partial charge in [0.1, 0.15) is 5.56 Å². The van der Waals surface area contributed by atoms with Gasteiger partial charge in [0.2, 0.25) is 5.78 Å². The summed E-state index contributed by atoms with van der Waals surface area (Å²) in [6.45, 7) is 6.01. The first-order chi connectivity index (χ1) is 12.5. The van der Waals surface area contributed by atoms with Gasteiger partial charge in [0.05, 0.1) is 10.6 Å². The molecule has 1 aromatic carbocycles. The fourth-order valence-corrected chi connectivity index (χ4v) is 3.01. The molecule has 1 N–H and O–H groups in total. The van der Waals surface area contributed by atoms with Crippen molar-refractivity contribution in [1.29, 1.82) is 0 Å². The number of ketones is 2. The molecule has 1 aromatic heterocycles. The molecule has 1 atom stereocenters. The Morgan fingerprint density at radius 3 is 2.41 bits per heavy atom. The minimum absolute atomic E-state index is 0.119. The zero-order valence-corrected chi connectivity index (χ0v) is 15.8. The number of Topliss-reactive ketones (excluding diaryl/α,β-unsaturated/α-hetero) is 2. The lowest BCUT2D eigenvalue weighted by Gasteiger charge is -2.12. The zero-order chi connectivity index (χ0) is 20.5. The van der Waals surface area contributed by atoms with Crippen LogP contribution in [0.3, 0.4) is 0 Å². The summed E-state index contributed by atoms with van der Waals surface area (Å²) >= 11 is 5.80. The second kappa shape index (κ2) is 7.71. The number of halogens is 1. The molecule has 8 nitrogen and oxygen atoms in total. The van der Waals surface area contributed by atoms with E-state index in [-0.39, 0.29) is 22.1 Å². The number of nitrogens with one attached hydrogen (secondary N) is 1. The van der Waals surface area contributed by atoms with Gasteiger partial charge in [-0.05, 0) is 45.4 Å². The number of nitrogens with zero attached hydrogens (tertiary/aromatic N) is 1. The number of nitro benzene ring substituents is 1. The Hall–Kier alpha value is -3.00. The number of hydrogen-bond donors (Lipinski definition) is 1. The number of aryl methyl sites for hydroxylation is 1. The van der Waals surface area contributed by atoms with Crippen molar-refractivity contribution in [3.63, 3.8) is 0 Å². The minimum Gasteiger partial charge on any atom is -0.450 e. The largest absolute Gasteiger partial charge is 0.450 e. The van der Waals surface area contributed by atoms with E-state index in [1.807, 2.05) is 0 Å². The summed E-state index contributed by atoms with van der Waals surface area (Å²) in [6.07, 6.45) is -1.23. The van der Waals surface area contributed by atoms with E-state index in [0.717, 1.165) is 12.1 Å². The van der Waals surface area contributed by atoms with Crippen LogP contribution in [0.15, 0.2) is 18.2 Å². The van der Waals surface area contributed by atoms with Gasteiger partial charge in [0, 0.05) is 22.3 Å². The van der Waals surface area contributed by atoms with Crippen molar-refractivity contribution in [2.24, 2.45) is 0 Å². The molecule has 27 heavy (non-hydrogen) atoms. The van der Waals surface area contributed by atoms with E-state index >= 15 is 0 Å². The second-order valence-corrected chi connectivity index (χ2v) is 6.45. The maximum Gasteiger partial charge on any atom is 0.345 e. The van der Waals surface area contributed by atoms with E-state index < -0.39 is 28.5 Å². The van der Waals surface area contributed by atoms with Crippen molar-refractivity contribution in [3.05, 3.63) is 61.4 Å². The molecule has 0 fully saturated rings. The molecule has 9 heteroatoms. The number of aromatic amines is 1. The minimum atomic E-state index is -1.23. The van der Waals surface area contributed by atoms with Crippen LogP contribution >= 0.6 is 11.6 Å². The summed E-state index contributed by atoms with van der Waals surface area (Å²) in [5.41, 5.74) is 0.723. The maximum absolute atomic E-state index is 12.6. The highest BCUT2D eigenvalue weighted by Gasteiger charge is 2.29. The molecule has 2 aromatic rings. The van der Waals surface area contributed by atoms with Crippen molar-refractivity contribution >= 4 is 34.8 Å². The highest BCUT2D eigenvalue weighted by molar-refractivity contribution is 6.31. The third-order valence-electron chi connectivity index (χ3n) is 4.06. The van der Waals surface area contributed by atoms with E-state index in [1.165, 1.54) is 19.9 Å². The van der Waals surface area contributed by atoms with Crippen LogP contribution in [0.1, 0.15) is 56.3 Å². The van der Waals surface area contributed by atoms with Gasteiger partial charge in [0.25, 0.3) is 5.69 Å². The fourth-order valence-electron chi connectivity index (χ4n) is 2.84. The van der Waals surface area contributed by atoms with Gasteiger partial charge in [-0.2, -0.15) is 0 Å². The van der Waals surface area contributed by atoms with Crippen LogP contribution < -0.4 is 0 Å². The predicted octanol–water partition coefficient (Wildman–Crippen LogP) is 3.82. The first-order valence-electron chi connectivity index (χ1n) is 7.93. The van der Waals surface area contributed by atoms with Crippen LogP contribution in [0.5, 0.6) is 0 Å². The standard InChI is InChI=1S/C18H17ClN2O6/c1-8-15(10(3)22)9(2)20-16(8)17(23)11(4)27-18(24)13-7-12(19)5-6-14(13)21(25)26/h5-7,11,20H,1-4H3/t11-/m0/s1. The number of aromatic nitrogens is 1. The van der Waals surface area contributed by atoms with E-state index in [0.29, 0.717) is 16.8 Å². The smallest absolute Gasteiger partial charge is 0.345 e. The van der Waals surface area contributed by atoms with Crippen molar-refractivity contribution in [1.82, 2.24) is 4.98 Å². The normalized spacial score (nSPS) is 11.7. The fraction of sp³-hybridized carbons (Fsp3) is 0.278. The average Bonchev–Trinajstić information content (AvgIpc) is 2.88. The third-order valence-corrected chi connectivity index (χ3v) is 4.30. The van der Waals surface area contributed by atoms with Crippen LogP contribution in [0, 0.1) is 24.0 Å². The molecule has 2 rings (SSSR count). The molecule has 0 amide bonds. The number of hydrogen-bond acceptors (Lipinski definition) is 6. The molecule has 0 bridgehead atoms. The number of ether oxygens (including phenoxy) is 1. The third kappa shape index (κ3) is 4.06. The quantitative estimate of drug-likeness (QED) is 0.345. The molecule has 0 spiro atoms. The van der Waals surface area contributed by atoms with Gasteiger partial charge in [0.15, 0.2) is 11.9 Å². The van der Waals surface area contributed by atoms with Crippen LogP contribution in [-0.4, -0.2) is 33.5 Å². The molecule has 142 valence electrons. The summed E-state index contributed by atoms with van der Waals surface area (Å²) in [7, 11) is 0. The van der Waals surface area contributed by atoms with Crippen molar-refractivity contribution in [3.8, 4) is 0 Å². The molecule has 0 aliphatic heterocycles. The van der Waals surface area contributed by atoms with Crippen LogP contribution in [-0.2, 0) is 4.74 Å². The number of nitro groups is 1. The van der Waals surface area contributed by atoms with Crippen LogP contribution in [0.25, 0.3) is 0 Å². The molecular weight excluding hydrogens is 376 g/mol. The van der Waals surface area contributed by atoms with Gasteiger partial charge in [-0.15, -0.1) is 0 Å². The second-order valence-electron chi connectivity index (χ2n) is 6.01. The number of rotatable bonds is 6. The number of carbonyl (C=O) groups excluding carboxylic acids is 3. The lowest BCUT2D eigenvalue weighted by molar-refractivity contribution is -0.385. The Labute approximate surface area is 159 Å². The maximum atomic E-state index is 12.6. The Balaban J connectivity index is 2.29. The van der Waals surface area contributed by atoms with Gasteiger partial charge < -0.3 is 9.72 Å². The van der Waals surface area contributed by atoms with Gasteiger partial charge in [-0.1, -0.05) is 11.6 Å². The molecule has 0 radical (unpaired) electrons. The first-order valence-corrected chi connectivity index (χ1v) is 8.31. The molecular formula is C18H17ClN2O6. The average molecular weight is 393 g/mol. The molecule has 0 unspecified atom stereocenters. The summed E-state index contributed by atoms with van der Waals surface area (Å²) in [5.74, 6) is -1.79. The van der Waals surface area contributed by atoms with Gasteiger partial charge in [-0.25, -0.2) is 4.79 Å². The number of H-pyrrole nitrogens is 1. The molecule has 0 aliphatic carbocycles.